The molecule has 3 aromatic rings. The maximum absolute atomic E-state index is 12.5. The Bertz CT molecular complexity index is 825. The Kier molecular flexibility index (Phi) is 4.08. The maximum atomic E-state index is 12.5. The number of nitrogens with one attached hydrogen (secondary N) is 1. The number of thiazole rings is 1. The van der Waals surface area contributed by atoms with E-state index in [1.54, 1.807) is 29.1 Å². The highest BCUT2D eigenvalue weighted by Gasteiger charge is 2.20. The average Bonchev–Trinajstić information content (AvgIpc) is 3.15. The van der Waals surface area contributed by atoms with E-state index in [2.05, 4.69) is 36.2 Å². The molecule has 0 bridgehead atoms. The Morgan fingerprint density at radius 1 is 1.30 bits per heavy atom. The van der Waals surface area contributed by atoms with Crippen molar-refractivity contribution < 1.29 is 4.79 Å². The molecule has 7 heteroatoms. The SMILES string of the molecule is Cn1nc(-c2cccs2)cc1C(=O)Nc1nc(C(C)(C)C)cs1. The van der Waals surface area contributed by atoms with Crippen molar-refractivity contribution >= 4 is 33.7 Å². The lowest BCUT2D eigenvalue weighted by atomic mass is 9.93. The number of aromatic nitrogens is 3. The number of carbonyl (C=O) groups excluding carboxylic acids is 1. The molecule has 0 fully saturated rings. The lowest BCUT2D eigenvalue weighted by molar-refractivity contribution is 0.101. The smallest absolute Gasteiger partial charge is 0.275 e. The van der Waals surface area contributed by atoms with Crippen LogP contribution in [0.3, 0.4) is 0 Å². The molecule has 0 aliphatic heterocycles. The van der Waals surface area contributed by atoms with E-state index >= 15 is 0 Å². The van der Waals surface area contributed by atoms with E-state index < -0.39 is 0 Å². The summed E-state index contributed by atoms with van der Waals surface area (Å²) in [7, 11) is 1.77. The number of hydrogen-bond donors (Lipinski definition) is 1. The molecule has 0 aliphatic rings. The lowest BCUT2D eigenvalue weighted by Crippen LogP contribution is -2.17. The fraction of sp³-hybridized carbons (Fsp3) is 0.312. The minimum absolute atomic E-state index is 0.0294. The quantitative estimate of drug-likeness (QED) is 0.775. The van der Waals surface area contributed by atoms with Crippen LogP contribution in [0.25, 0.3) is 10.6 Å². The molecule has 23 heavy (non-hydrogen) atoms. The van der Waals surface area contributed by atoms with E-state index in [4.69, 9.17) is 0 Å². The Labute approximate surface area is 143 Å². The van der Waals surface area contributed by atoms with Gasteiger partial charge in [-0.1, -0.05) is 26.8 Å². The monoisotopic (exact) mass is 346 g/mol. The van der Waals surface area contributed by atoms with Gasteiger partial charge in [0.1, 0.15) is 11.4 Å². The number of nitrogens with zero attached hydrogens (tertiary/aromatic N) is 3. The highest BCUT2D eigenvalue weighted by atomic mass is 32.1. The Balaban J connectivity index is 1.80. The Hall–Kier alpha value is -1.99. The third-order valence-corrected chi connectivity index (χ3v) is 5.03. The summed E-state index contributed by atoms with van der Waals surface area (Å²) in [5, 5.41) is 11.9. The number of rotatable bonds is 3. The van der Waals surface area contributed by atoms with Gasteiger partial charge in [0.2, 0.25) is 0 Å². The summed E-state index contributed by atoms with van der Waals surface area (Å²) in [6.45, 7) is 6.30. The van der Waals surface area contributed by atoms with Gasteiger partial charge in [0.15, 0.2) is 5.13 Å². The summed E-state index contributed by atoms with van der Waals surface area (Å²) in [5.74, 6) is -0.197. The second kappa shape index (κ2) is 5.90. The largest absolute Gasteiger partial charge is 0.296 e. The second-order valence-electron chi connectivity index (χ2n) is 6.26. The van der Waals surface area contributed by atoms with Gasteiger partial charge >= 0.3 is 0 Å². The van der Waals surface area contributed by atoms with Crippen molar-refractivity contribution in [1.82, 2.24) is 14.8 Å². The second-order valence-corrected chi connectivity index (χ2v) is 8.06. The van der Waals surface area contributed by atoms with Crippen molar-refractivity contribution in [3.63, 3.8) is 0 Å². The molecule has 0 radical (unpaired) electrons. The molecule has 1 amide bonds. The first-order chi connectivity index (χ1) is 10.8. The van der Waals surface area contributed by atoms with Gasteiger partial charge in [0.25, 0.3) is 5.91 Å². The van der Waals surface area contributed by atoms with E-state index in [0.29, 0.717) is 10.8 Å². The molecule has 3 heterocycles. The first-order valence-electron chi connectivity index (χ1n) is 7.20. The summed E-state index contributed by atoms with van der Waals surface area (Å²) in [4.78, 5) is 18.0. The molecule has 3 aromatic heterocycles. The molecule has 0 spiro atoms. The van der Waals surface area contributed by atoms with E-state index in [1.807, 2.05) is 22.9 Å². The van der Waals surface area contributed by atoms with Gasteiger partial charge in [-0.3, -0.25) is 14.8 Å². The van der Waals surface area contributed by atoms with Crippen LogP contribution in [0.2, 0.25) is 0 Å². The number of anilines is 1. The average molecular weight is 346 g/mol. The molecule has 0 unspecified atom stereocenters. The van der Waals surface area contributed by atoms with Crippen molar-refractivity contribution in [3.8, 4) is 10.6 Å². The predicted molar refractivity (Wildman–Crippen MR) is 95.3 cm³/mol. The number of aryl methyl sites for hydroxylation is 1. The van der Waals surface area contributed by atoms with Gasteiger partial charge in [-0.25, -0.2) is 4.98 Å². The van der Waals surface area contributed by atoms with Crippen molar-refractivity contribution in [3.05, 3.63) is 40.3 Å². The van der Waals surface area contributed by atoms with Crippen LogP contribution in [0.1, 0.15) is 37.0 Å². The zero-order chi connectivity index (χ0) is 16.6. The third-order valence-electron chi connectivity index (χ3n) is 3.38. The standard InChI is InChI=1S/C16H18N4OS2/c1-16(2,3)13-9-23-15(17-13)18-14(21)11-8-10(19-20(11)4)12-6-5-7-22-12/h5-9H,1-4H3,(H,17,18,21). The van der Waals surface area contributed by atoms with Gasteiger partial charge < -0.3 is 0 Å². The topological polar surface area (TPSA) is 59.8 Å². The normalized spacial score (nSPS) is 11.7. The van der Waals surface area contributed by atoms with Crippen LogP contribution >= 0.6 is 22.7 Å². The summed E-state index contributed by atoms with van der Waals surface area (Å²) in [5.41, 5.74) is 2.27. The van der Waals surface area contributed by atoms with Crippen molar-refractivity contribution in [1.29, 1.82) is 0 Å². The van der Waals surface area contributed by atoms with Gasteiger partial charge in [-0.15, -0.1) is 22.7 Å². The molecule has 5 nitrogen and oxygen atoms in total. The fourth-order valence-electron chi connectivity index (χ4n) is 2.06. The first kappa shape index (κ1) is 15.9. The van der Waals surface area contributed by atoms with Gasteiger partial charge in [-0.05, 0) is 17.5 Å². The Morgan fingerprint density at radius 2 is 2.09 bits per heavy atom. The van der Waals surface area contributed by atoms with E-state index in [1.165, 1.54) is 11.3 Å². The van der Waals surface area contributed by atoms with Gasteiger partial charge in [-0.2, -0.15) is 5.10 Å². The number of hydrogen-bond acceptors (Lipinski definition) is 5. The molecule has 0 aromatic carbocycles. The van der Waals surface area contributed by atoms with Crippen molar-refractivity contribution in [2.24, 2.45) is 7.05 Å². The predicted octanol–water partition coefficient (Wildman–Crippen LogP) is 4.15. The molecule has 0 atom stereocenters. The van der Waals surface area contributed by atoms with Crippen LogP contribution in [0.4, 0.5) is 5.13 Å². The van der Waals surface area contributed by atoms with Crippen LogP contribution in [0.15, 0.2) is 29.0 Å². The highest BCUT2D eigenvalue weighted by molar-refractivity contribution is 7.14. The molecule has 1 N–H and O–H groups in total. The molecule has 120 valence electrons. The van der Waals surface area contributed by atoms with Gasteiger partial charge in [0.05, 0.1) is 10.6 Å². The highest BCUT2D eigenvalue weighted by Crippen LogP contribution is 2.27. The molecule has 0 aliphatic carbocycles. The van der Waals surface area contributed by atoms with Crippen LogP contribution in [0, 0.1) is 0 Å². The molecule has 3 rings (SSSR count). The minimum Gasteiger partial charge on any atom is -0.296 e. The zero-order valence-corrected chi connectivity index (χ0v) is 15.1. The van der Waals surface area contributed by atoms with Crippen LogP contribution in [-0.2, 0) is 12.5 Å². The lowest BCUT2D eigenvalue weighted by Gasteiger charge is -2.14. The Morgan fingerprint density at radius 3 is 2.70 bits per heavy atom. The van der Waals surface area contributed by atoms with Gasteiger partial charge in [0, 0.05) is 17.8 Å². The molecule has 0 saturated carbocycles. The van der Waals surface area contributed by atoms with E-state index in [9.17, 15) is 4.79 Å². The van der Waals surface area contributed by atoms with Crippen LogP contribution < -0.4 is 5.32 Å². The zero-order valence-electron chi connectivity index (χ0n) is 13.5. The molecule has 0 saturated heterocycles. The van der Waals surface area contributed by atoms with Crippen molar-refractivity contribution in [2.75, 3.05) is 5.32 Å². The summed E-state index contributed by atoms with van der Waals surface area (Å²) in [6.07, 6.45) is 0. The van der Waals surface area contributed by atoms with Crippen LogP contribution in [-0.4, -0.2) is 20.7 Å². The fourth-order valence-corrected chi connectivity index (χ4v) is 3.67. The first-order valence-corrected chi connectivity index (χ1v) is 8.96. The number of amides is 1. The van der Waals surface area contributed by atoms with E-state index in [-0.39, 0.29) is 11.3 Å². The third kappa shape index (κ3) is 3.35. The maximum Gasteiger partial charge on any atom is 0.275 e. The molecular weight excluding hydrogens is 328 g/mol. The molecular formula is C16H18N4OS2. The number of thiophene rings is 1. The van der Waals surface area contributed by atoms with Crippen LogP contribution in [0.5, 0.6) is 0 Å². The summed E-state index contributed by atoms with van der Waals surface area (Å²) < 4.78 is 1.60. The summed E-state index contributed by atoms with van der Waals surface area (Å²) >= 11 is 3.04. The van der Waals surface area contributed by atoms with E-state index in [0.717, 1.165) is 16.3 Å². The summed E-state index contributed by atoms with van der Waals surface area (Å²) in [6, 6.07) is 5.77. The van der Waals surface area contributed by atoms with Crippen molar-refractivity contribution in [2.45, 2.75) is 26.2 Å². The minimum atomic E-state index is -0.197. The number of carbonyl (C=O) groups is 1.